The molecule has 4 aliphatic rings. The summed E-state index contributed by atoms with van der Waals surface area (Å²) in [6.45, 7) is 8.89. The van der Waals surface area contributed by atoms with Crippen LogP contribution < -0.4 is 0 Å². The molecule has 0 amide bonds. The van der Waals surface area contributed by atoms with Crippen LogP contribution in [0.1, 0.15) is 58.8 Å². The van der Waals surface area contributed by atoms with E-state index in [1.807, 2.05) is 6.08 Å². The Hall–Kier alpha value is -1.18. The number of hydrogen-bond acceptors (Lipinski definition) is 2. The summed E-state index contributed by atoms with van der Waals surface area (Å²) in [7, 11) is 0. The zero-order valence-corrected chi connectivity index (χ0v) is 13.8. The largest absolute Gasteiger partial charge is 0.299 e. The molecule has 0 bridgehead atoms. The summed E-state index contributed by atoms with van der Waals surface area (Å²) >= 11 is 0. The second kappa shape index (κ2) is 4.43. The lowest BCUT2D eigenvalue weighted by molar-refractivity contribution is -0.132. The topological polar surface area (TPSA) is 34.1 Å². The molecule has 5 unspecified atom stereocenters. The van der Waals surface area contributed by atoms with Crippen molar-refractivity contribution in [3.8, 4) is 0 Å². The molecule has 3 saturated carbocycles. The van der Waals surface area contributed by atoms with Crippen LogP contribution in [0.3, 0.4) is 0 Å². The zero-order chi connectivity index (χ0) is 15.7. The average molecular weight is 298 g/mol. The first-order chi connectivity index (χ1) is 10.4. The zero-order valence-electron chi connectivity index (χ0n) is 13.8. The van der Waals surface area contributed by atoms with Crippen molar-refractivity contribution in [2.45, 2.75) is 58.8 Å². The van der Waals surface area contributed by atoms with E-state index in [1.54, 1.807) is 0 Å². The minimum Gasteiger partial charge on any atom is -0.299 e. The highest BCUT2D eigenvalue weighted by atomic mass is 16.1. The first kappa shape index (κ1) is 14.4. The summed E-state index contributed by atoms with van der Waals surface area (Å²) in [4.78, 5) is 24.3. The molecule has 0 aromatic rings. The van der Waals surface area contributed by atoms with Gasteiger partial charge in [0.2, 0.25) is 0 Å². The molecule has 2 nitrogen and oxygen atoms in total. The van der Waals surface area contributed by atoms with Gasteiger partial charge in [0, 0.05) is 18.3 Å². The Morgan fingerprint density at radius 1 is 1.05 bits per heavy atom. The van der Waals surface area contributed by atoms with Crippen molar-refractivity contribution in [1.29, 1.82) is 0 Å². The van der Waals surface area contributed by atoms with Gasteiger partial charge in [-0.1, -0.05) is 26.0 Å². The molecule has 0 aromatic carbocycles. The summed E-state index contributed by atoms with van der Waals surface area (Å²) in [5, 5.41) is 0. The van der Waals surface area contributed by atoms with E-state index >= 15 is 0 Å². The fraction of sp³-hybridized carbons (Fsp3) is 0.700. The number of allylic oxidation sites excluding steroid dienone is 2. The number of rotatable bonds is 0. The van der Waals surface area contributed by atoms with Crippen LogP contribution in [0.15, 0.2) is 23.8 Å². The van der Waals surface area contributed by atoms with Crippen molar-refractivity contribution in [2.75, 3.05) is 0 Å². The van der Waals surface area contributed by atoms with E-state index in [9.17, 15) is 9.59 Å². The second-order valence-electron chi connectivity index (χ2n) is 8.54. The first-order valence-corrected chi connectivity index (χ1v) is 8.83. The Labute approximate surface area is 133 Å². The lowest BCUT2D eigenvalue weighted by atomic mass is 9.47. The van der Waals surface area contributed by atoms with Gasteiger partial charge < -0.3 is 0 Å². The van der Waals surface area contributed by atoms with Crippen LogP contribution in [-0.2, 0) is 9.59 Å². The molecule has 3 fully saturated rings. The SMILES string of the molecule is C=C1CC2C3CCC(=O)C3(C)CCC2C2(C)CCC(=O)C=C12. The lowest BCUT2D eigenvalue weighted by Gasteiger charge is -2.57. The highest BCUT2D eigenvalue weighted by Crippen LogP contribution is 2.65. The van der Waals surface area contributed by atoms with E-state index in [4.69, 9.17) is 0 Å². The molecule has 0 aliphatic heterocycles. The Bertz CT molecular complexity index is 613. The number of Topliss-reactive ketones (excluding diaryl/α,β-unsaturated/α-hetero) is 1. The van der Waals surface area contributed by atoms with E-state index in [1.165, 1.54) is 11.1 Å². The quantitative estimate of drug-likeness (QED) is 0.670. The molecule has 0 saturated heterocycles. The molecule has 22 heavy (non-hydrogen) atoms. The Morgan fingerprint density at radius 3 is 2.55 bits per heavy atom. The van der Waals surface area contributed by atoms with E-state index in [0.717, 1.165) is 38.5 Å². The van der Waals surface area contributed by atoms with Crippen LogP contribution in [0.4, 0.5) is 0 Å². The Kier molecular flexibility index (Phi) is 2.90. The molecule has 0 heterocycles. The predicted octanol–water partition coefficient (Wildman–Crippen LogP) is 4.25. The second-order valence-corrected chi connectivity index (χ2v) is 8.54. The standard InChI is InChI=1S/C20H26O2/c1-12-10-14-15-4-5-18(22)20(15,3)9-7-16(14)19(2)8-6-13(21)11-17(12)19/h11,14-16H,1,4-10H2,2-3H3. The molecule has 0 spiro atoms. The van der Waals surface area contributed by atoms with Gasteiger partial charge in [0.15, 0.2) is 5.78 Å². The third-order valence-electron chi connectivity index (χ3n) is 7.64. The summed E-state index contributed by atoms with van der Waals surface area (Å²) in [6, 6.07) is 0. The van der Waals surface area contributed by atoms with Gasteiger partial charge in [-0.05, 0) is 66.9 Å². The predicted molar refractivity (Wildman–Crippen MR) is 86.2 cm³/mol. The van der Waals surface area contributed by atoms with Gasteiger partial charge in [-0.15, -0.1) is 0 Å². The molecule has 0 aromatic heterocycles. The summed E-state index contributed by atoms with van der Waals surface area (Å²) in [6.07, 6.45) is 8.54. The Morgan fingerprint density at radius 2 is 1.77 bits per heavy atom. The molecular formula is C20H26O2. The minimum absolute atomic E-state index is 0.0799. The molecule has 5 atom stereocenters. The van der Waals surface area contributed by atoms with Gasteiger partial charge in [0.25, 0.3) is 0 Å². The third kappa shape index (κ3) is 1.67. The van der Waals surface area contributed by atoms with E-state index in [0.29, 0.717) is 30.0 Å². The molecule has 0 N–H and O–H groups in total. The molecule has 4 rings (SSSR count). The number of hydrogen-bond donors (Lipinski definition) is 0. The smallest absolute Gasteiger partial charge is 0.156 e. The summed E-state index contributed by atoms with van der Waals surface area (Å²) in [5.74, 6) is 2.51. The maximum atomic E-state index is 12.4. The number of fused-ring (bicyclic) bond motifs is 5. The third-order valence-corrected chi connectivity index (χ3v) is 7.64. The fourth-order valence-electron chi connectivity index (χ4n) is 6.34. The van der Waals surface area contributed by atoms with E-state index in [2.05, 4.69) is 20.4 Å². The maximum Gasteiger partial charge on any atom is 0.156 e. The van der Waals surface area contributed by atoms with Crippen LogP contribution >= 0.6 is 0 Å². The van der Waals surface area contributed by atoms with Gasteiger partial charge in [-0.2, -0.15) is 0 Å². The van der Waals surface area contributed by atoms with Crippen LogP contribution in [0.5, 0.6) is 0 Å². The number of ketones is 2. The molecule has 4 aliphatic carbocycles. The monoisotopic (exact) mass is 298 g/mol. The van der Waals surface area contributed by atoms with Crippen molar-refractivity contribution in [3.63, 3.8) is 0 Å². The maximum absolute atomic E-state index is 12.4. The number of carbonyl (C=O) groups is 2. The average Bonchev–Trinajstić information content (AvgIpc) is 2.77. The van der Waals surface area contributed by atoms with Crippen molar-refractivity contribution in [1.82, 2.24) is 0 Å². The van der Waals surface area contributed by atoms with Crippen LogP contribution in [0.25, 0.3) is 0 Å². The van der Waals surface area contributed by atoms with Gasteiger partial charge in [0.05, 0.1) is 0 Å². The van der Waals surface area contributed by atoms with Gasteiger partial charge in [0.1, 0.15) is 5.78 Å². The minimum atomic E-state index is -0.0799. The van der Waals surface area contributed by atoms with Gasteiger partial charge in [-0.3, -0.25) is 9.59 Å². The lowest BCUT2D eigenvalue weighted by Crippen LogP contribution is -2.51. The summed E-state index contributed by atoms with van der Waals surface area (Å²) in [5.41, 5.74) is 2.43. The molecule has 118 valence electrons. The number of carbonyl (C=O) groups excluding carboxylic acids is 2. The first-order valence-electron chi connectivity index (χ1n) is 8.83. The van der Waals surface area contributed by atoms with E-state index in [-0.39, 0.29) is 16.6 Å². The van der Waals surface area contributed by atoms with Crippen LogP contribution in [0, 0.1) is 28.6 Å². The van der Waals surface area contributed by atoms with Gasteiger partial charge in [-0.25, -0.2) is 0 Å². The molecular weight excluding hydrogens is 272 g/mol. The van der Waals surface area contributed by atoms with E-state index < -0.39 is 0 Å². The van der Waals surface area contributed by atoms with Crippen molar-refractivity contribution >= 4 is 11.6 Å². The highest BCUT2D eigenvalue weighted by molar-refractivity contribution is 5.92. The van der Waals surface area contributed by atoms with Crippen molar-refractivity contribution in [3.05, 3.63) is 23.8 Å². The van der Waals surface area contributed by atoms with Crippen LogP contribution in [0.2, 0.25) is 0 Å². The molecule has 0 radical (unpaired) electrons. The highest BCUT2D eigenvalue weighted by Gasteiger charge is 2.59. The van der Waals surface area contributed by atoms with Gasteiger partial charge >= 0.3 is 0 Å². The normalized spacial score (nSPS) is 47.6. The van der Waals surface area contributed by atoms with Crippen LogP contribution in [-0.4, -0.2) is 11.6 Å². The van der Waals surface area contributed by atoms with Crippen molar-refractivity contribution in [2.24, 2.45) is 28.6 Å². The van der Waals surface area contributed by atoms with Crippen molar-refractivity contribution < 1.29 is 9.59 Å². The summed E-state index contributed by atoms with van der Waals surface area (Å²) < 4.78 is 0. The molecule has 2 heteroatoms. The fourth-order valence-corrected chi connectivity index (χ4v) is 6.34. The Balaban J connectivity index is 1.76.